The van der Waals surface area contributed by atoms with Crippen LogP contribution in [0.4, 0.5) is 14.7 Å². The van der Waals surface area contributed by atoms with E-state index in [1.54, 1.807) is 4.90 Å². The van der Waals surface area contributed by atoms with E-state index in [9.17, 15) is 13.9 Å². The van der Waals surface area contributed by atoms with Crippen LogP contribution in [0.15, 0.2) is 24.3 Å². The number of fused-ring (bicyclic) bond motifs is 1. The van der Waals surface area contributed by atoms with Crippen molar-refractivity contribution in [3.8, 4) is 11.3 Å². The number of nitrogens with zero attached hydrogens (tertiary/aromatic N) is 3. The molecular weight excluding hydrogens is 366 g/mol. The largest absolute Gasteiger partial charge is 0.389 e. The van der Waals surface area contributed by atoms with Crippen LogP contribution >= 0.6 is 0 Å². The zero-order chi connectivity index (χ0) is 19.7. The smallest absolute Gasteiger partial charge is 0.290 e. The molecule has 0 saturated carbocycles. The number of aliphatic hydroxyl groups excluding tert-OH is 1. The van der Waals surface area contributed by atoms with Crippen LogP contribution in [0.2, 0.25) is 0 Å². The minimum Gasteiger partial charge on any atom is -0.389 e. The van der Waals surface area contributed by atoms with Crippen molar-refractivity contribution < 1.29 is 18.6 Å². The molecule has 2 atom stereocenters. The van der Waals surface area contributed by atoms with Crippen molar-refractivity contribution in [1.29, 1.82) is 0 Å². The minimum atomic E-state index is -2.96. The molecule has 0 bridgehead atoms. The van der Waals surface area contributed by atoms with Crippen molar-refractivity contribution in [2.45, 2.75) is 43.4 Å². The number of halogens is 2. The van der Waals surface area contributed by atoms with Gasteiger partial charge in [-0.25, -0.2) is 9.97 Å². The Bertz CT molecular complexity index is 931. The number of nitrogens with two attached hydrogens (primary N) is 1. The second-order valence-corrected chi connectivity index (χ2v) is 8.09. The van der Waals surface area contributed by atoms with Crippen LogP contribution in [0.25, 0.3) is 11.3 Å². The van der Waals surface area contributed by atoms with Crippen LogP contribution in [0, 0.1) is 0 Å². The highest BCUT2D eigenvalue weighted by atomic mass is 19.3. The molecule has 5 rings (SSSR count). The Labute approximate surface area is 161 Å². The van der Waals surface area contributed by atoms with E-state index in [2.05, 4.69) is 9.97 Å². The van der Waals surface area contributed by atoms with Gasteiger partial charge in [0.1, 0.15) is 5.69 Å². The maximum atomic E-state index is 14.5. The van der Waals surface area contributed by atoms with E-state index in [0.29, 0.717) is 31.0 Å². The Morgan fingerprint density at radius 1 is 1.21 bits per heavy atom. The highest BCUT2D eigenvalue weighted by Crippen LogP contribution is 2.45. The molecular formula is C20H22F2N4O2. The highest BCUT2D eigenvalue weighted by molar-refractivity contribution is 5.68. The molecule has 0 unspecified atom stereocenters. The van der Waals surface area contributed by atoms with E-state index < -0.39 is 17.6 Å². The molecule has 6 nitrogen and oxygen atoms in total. The third-order valence-corrected chi connectivity index (χ3v) is 6.17. The zero-order valence-electron chi connectivity index (χ0n) is 15.5. The molecule has 1 aromatic heterocycles. The Morgan fingerprint density at radius 2 is 1.93 bits per heavy atom. The lowest BCUT2D eigenvalue weighted by atomic mass is 9.88. The molecule has 28 heavy (non-hydrogen) atoms. The Kier molecular flexibility index (Phi) is 3.78. The fourth-order valence-electron chi connectivity index (χ4n) is 4.08. The highest BCUT2D eigenvalue weighted by Gasteiger charge is 2.45. The fourth-order valence-corrected chi connectivity index (χ4v) is 4.08. The molecule has 3 aliphatic rings. The molecule has 2 aliphatic heterocycles. The van der Waals surface area contributed by atoms with Gasteiger partial charge >= 0.3 is 0 Å². The van der Waals surface area contributed by atoms with Gasteiger partial charge in [-0.3, -0.25) is 0 Å². The van der Waals surface area contributed by atoms with Crippen molar-refractivity contribution >= 4 is 5.95 Å². The van der Waals surface area contributed by atoms with Crippen LogP contribution in [-0.2, 0) is 22.6 Å². The first-order valence-electron chi connectivity index (χ1n) is 9.50. The normalized spacial score (nSPS) is 27.1. The van der Waals surface area contributed by atoms with Crippen molar-refractivity contribution in [1.82, 2.24) is 9.97 Å². The van der Waals surface area contributed by atoms with E-state index >= 15 is 0 Å². The summed E-state index contributed by atoms with van der Waals surface area (Å²) in [6.45, 7) is 3.12. The van der Waals surface area contributed by atoms with E-state index in [1.165, 1.54) is 0 Å². The van der Waals surface area contributed by atoms with E-state index in [1.807, 2.05) is 31.2 Å². The maximum absolute atomic E-state index is 14.5. The molecule has 0 amide bonds. The monoisotopic (exact) mass is 388 g/mol. The molecule has 0 radical (unpaired) electrons. The summed E-state index contributed by atoms with van der Waals surface area (Å²) in [4.78, 5) is 10.6. The average Bonchev–Trinajstić information content (AvgIpc) is 2.98. The van der Waals surface area contributed by atoms with Crippen molar-refractivity contribution in [3.05, 3.63) is 41.1 Å². The molecule has 148 valence electrons. The fraction of sp³-hybridized carbons (Fsp3) is 0.500. The zero-order valence-corrected chi connectivity index (χ0v) is 15.5. The van der Waals surface area contributed by atoms with Crippen LogP contribution in [0.1, 0.15) is 30.2 Å². The van der Waals surface area contributed by atoms with Crippen molar-refractivity contribution in [2.75, 3.05) is 24.7 Å². The van der Waals surface area contributed by atoms with Gasteiger partial charge in [0.15, 0.2) is 0 Å². The number of β-amino-alcohol motifs (C(OH)–C–C–N with tert-alkyl or cyclic N) is 1. The number of anilines is 1. The van der Waals surface area contributed by atoms with E-state index in [0.717, 1.165) is 11.1 Å². The van der Waals surface area contributed by atoms with Gasteiger partial charge in [0.2, 0.25) is 5.95 Å². The lowest BCUT2D eigenvalue weighted by Crippen LogP contribution is -2.59. The summed E-state index contributed by atoms with van der Waals surface area (Å²) < 4.78 is 34.1. The van der Waals surface area contributed by atoms with Gasteiger partial charge in [-0.1, -0.05) is 24.3 Å². The number of hydrogen-bond donors (Lipinski definition) is 2. The van der Waals surface area contributed by atoms with Gasteiger partial charge in [0.25, 0.3) is 5.92 Å². The lowest BCUT2D eigenvalue weighted by molar-refractivity contribution is -0.0569. The quantitative estimate of drug-likeness (QED) is 0.836. The van der Waals surface area contributed by atoms with E-state index in [4.69, 9.17) is 10.5 Å². The van der Waals surface area contributed by atoms with Crippen LogP contribution < -0.4 is 10.6 Å². The molecule has 3 N–H and O–H groups in total. The number of rotatable bonds is 3. The van der Waals surface area contributed by atoms with Gasteiger partial charge in [0, 0.05) is 24.1 Å². The summed E-state index contributed by atoms with van der Waals surface area (Å²) in [6, 6.07) is 7.38. The molecule has 0 spiro atoms. The van der Waals surface area contributed by atoms with Crippen molar-refractivity contribution in [3.63, 3.8) is 0 Å². The Balaban J connectivity index is 1.58. The SMILES string of the molecule is C[C@H]1[C@H](O)CN1c1nc(-c2ccc(C3(N)COC3)cc2)c2c(n1)C(F)(F)CC2. The number of alkyl halides is 2. The number of benzene rings is 1. The van der Waals surface area contributed by atoms with Gasteiger partial charge in [0.05, 0.1) is 36.6 Å². The first kappa shape index (κ1) is 17.9. The molecule has 2 saturated heterocycles. The second-order valence-electron chi connectivity index (χ2n) is 8.09. The summed E-state index contributed by atoms with van der Waals surface area (Å²) in [6.07, 6.45) is -0.509. The van der Waals surface area contributed by atoms with E-state index in [-0.39, 0.29) is 30.5 Å². The molecule has 2 fully saturated rings. The molecule has 3 heterocycles. The third kappa shape index (κ3) is 2.55. The summed E-state index contributed by atoms with van der Waals surface area (Å²) in [5.41, 5.74) is 8.37. The van der Waals surface area contributed by atoms with Gasteiger partial charge in [-0.15, -0.1) is 0 Å². The predicted octanol–water partition coefficient (Wildman–Crippen LogP) is 1.94. The lowest BCUT2D eigenvalue weighted by Gasteiger charge is -2.43. The maximum Gasteiger partial charge on any atom is 0.290 e. The molecule has 2 aromatic rings. The first-order chi connectivity index (χ1) is 13.3. The topological polar surface area (TPSA) is 84.5 Å². The van der Waals surface area contributed by atoms with Gasteiger partial charge in [-0.2, -0.15) is 8.78 Å². The molecule has 1 aliphatic carbocycles. The first-order valence-corrected chi connectivity index (χ1v) is 9.50. The number of hydrogen-bond acceptors (Lipinski definition) is 6. The summed E-state index contributed by atoms with van der Waals surface area (Å²) >= 11 is 0. The van der Waals surface area contributed by atoms with Crippen LogP contribution in [0.3, 0.4) is 0 Å². The number of aromatic nitrogens is 2. The van der Waals surface area contributed by atoms with Crippen LogP contribution in [0.5, 0.6) is 0 Å². The molecule has 8 heteroatoms. The summed E-state index contributed by atoms with van der Waals surface area (Å²) in [5.74, 6) is -2.71. The summed E-state index contributed by atoms with van der Waals surface area (Å²) in [5, 5.41) is 9.80. The predicted molar refractivity (Wildman–Crippen MR) is 99.2 cm³/mol. The average molecular weight is 388 g/mol. The summed E-state index contributed by atoms with van der Waals surface area (Å²) in [7, 11) is 0. The van der Waals surface area contributed by atoms with Gasteiger partial charge in [-0.05, 0) is 18.9 Å². The van der Waals surface area contributed by atoms with Crippen LogP contribution in [-0.4, -0.2) is 47.0 Å². The Hall–Kier alpha value is -2.16. The third-order valence-electron chi connectivity index (χ3n) is 6.17. The Morgan fingerprint density at radius 3 is 2.50 bits per heavy atom. The number of aliphatic hydroxyl groups is 1. The second kappa shape index (κ2) is 5.92. The minimum absolute atomic E-state index is 0.187. The molecule has 1 aromatic carbocycles. The van der Waals surface area contributed by atoms with Gasteiger partial charge < -0.3 is 20.5 Å². The van der Waals surface area contributed by atoms with Crippen molar-refractivity contribution in [2.24, 2.45) is 5.73 Å². The number of ether oxygens (including phenoxy) is 1. The standard InChI is InChI=1S/C20H22F2N4O2/c1-11-15(27)8-26(11)18-24-16(14-6-7-20(21,22)17(14)25-18)12-2-4-13(5-3-12)19(23)9-28-10-19/h2-5,11,15,27H,6-10,23H2,1H3/t11-,15+/m0/s1.